The number of hydrogen-bond acceptors (Lipinski definition) is 4. The average Bonchev–Trinajstić information content (AvgIpc) is 2.82. The van der Waals surface area contributed by atoms with Gasteiger partial charge < -0.3 is 13.9 Å². The molecule has 0 saturated heterocycles. The Morgan fingerprint density at radius 3 is 2.26 bits per heavy atom. The van der Waals surface area contributed by atoms with E-state index in [-0.39, 0.29) is 6.10 Å². The maximum atomic E-state index is 6.82. The van der Waals surface area contributed by atoms with Crippen LogP contribution in [0.2, 0.25) is 18.1 Å². The van der Waals surface area contributed by atoms with Crippen molar-refractivity contribution >= 4 is 8.32 Å². The van der Waals surface area contributed by atoms with Crippen LogP contribution in [0.5, 0.6) is 11.5 Å². The van der Waals surface area contributed by atoms with Crippen LogP contribution >= 0.6 is 0 Å². The molecule has 1 aliphatic rings. The van der Waals surface area contributed by atoms with Crippen LogP contribution in [0.15, 0.2) is 37.4 Å². The molecule has 0 amide bonds. The lowest BCUT2D eigenvalue weighted by Crippen LogP contribution is -2.52. The Bertz CT molecular complexity index is 803. The molecular formula is C26H39NO3Si. The Morgan fingerprint density at radius 2 is 1.77 bits per heavy atom. The van der Waals surface area contributed by atoms with E-state index in [1.54, 1.807) is 14.2 Å². The van der Waals surface area contributed by atoms with E-state index in [1.807, 2.05) is 18.2 Å². The van der Waals surface area contributed by atoms with Gasteiger partial charge in [0.15, 0.2) is 19.8 Å². The van der Waals surface area contributed by atoms with Gasteiger partial charge in [-0.3, -0.25) is 4.90 Å². The summed E-state index contributed by atoms with van der Waals surface area (Å²) in [6, 6.07) is 7.38. The Balaban J connectivity index is 2.59. The monoisotopic (exact) mass is 441 g/mol. The van der Waals surface area contributed by atoms with Crippen molar-refractivity contribution in [3.63, 3.8) is 0 Å². The highest BCUT2D eigenvalue weighted by Gasteiger charge is 2.44. The number of hydrogen-bond donors (Lipinski definition) is 0. The fourth-order valence-electron chi connectivity index (χ4n) is 4.78. The highest BCUT2D eigenvalue weighted by atomic mass is 28.4. The summed E-state index contributed by atoms with van der Waals surface area (Å²) in [5.41, 5.74) is 1.66. The summed E-state index contributed by atoms with van der Waals surface area (Å²) < 4.78 is 18.0. The maximum absolute atomic E-state index is 6.82. The fourth-order valence-corrected chi connectivity index (χ4v) is 7.61. The second kappa shape index (κ2) is 11.0. The molecule has 0 fully saturated rings. The highest BCUT2D eigenvalue weighted by molar-refractivity contribution is 6.73. The predicted molar refractivity (Wildman–Crippen MR) is 132 cm³/mol. The summed E-state index contributed by atoms with van der Waals surface area (Å²) >= 11 is 0. The van der Waals surface area contributed by atoms with E-state index < -0.39 is 13.9 Å². The molecule has 1 aliphatic heterocycles. The minimum absolute atomic E-state index is 0.117. The standard InChI is InChI=1S/C26H39NO3Si/c1-9-16-27-17-15-21-18-24(28-7)25(29-8)19-23(21)26(27,11-3)20-22(10-2)30-31(12-4,13-5)14-6/h3,9-10,18-19,22H,1-2,12-17,20H2,4-8H3. The Morgan fingerprint density at radius 1 is 1.16 bits per heavy atom. The van der Waals surface area contributed by atoms with E-state index in [1.165, 1.54) is 5.56 Å². The largest absolute Gasteiger partial charge is 0.493 e. The van der Waals surface area contributed by atoms with E-state index in [0.29, 0.717) is 18.7 Å². The van der Waals surface area contributed by atoms with Crippen molar-refractivity contribution in [1.82, 2.24) is 4.90 Å². The SMILES string of the molecule is C#CC1(CC(C=C)O[Si](CC)(CC)CC)c2cc(OC)c(OC)cc2CCN1CC=C. The van der Waals surface area contributed by atoms with Gasteiger partial charge in [0, 0.05) is 19.5 Å². The number of ether oxygens (including phenoxy) is 2. The van der Waals surface area contributed by atoms with E-state index in [9.17, 15) is 0 Å². The Kier molecular flexibility index (Phi) is 8.99. The lowest BCUT2D eigenvalue weighted by Gasteiger charge is -2.47. The molecule has 2 rings (SSSR count). The van der Waals surface area contributed by atoms with Gasteiger partial charge in [0.1, 0.15) is 5.54 Å². The third-order valence-electron chi connectivity index (χ3n) is 6.93. The summed E-state index contributed by atoms with van der Waals surface area (Å²) in [6.07, 6.45) is 11.6. The fraction of sp³-hybridized carbons (Fsp3) is 0.538. The van der Waals surface area contributed by atoms with Crippen molar-refractivity contribution in [2.75, 3.05) is 27.3 Å². The van der Waals surface area contributed by atoms with Gasteiger partial charge >= 0.3 is 0 Å². The summed E-state index contributed by atoms with van der Waals surface area (Å²) in [4.78, 5) is 2.33. The minimum atomic E-state index is -1.82. The molecule has 0 bridgehead atoms. The number of terminal acetylenes is 1. The first-order valence-electron chi connectivity index (χ1n) is 11.3. The van der Waals surface area contributed by atoms with E-state index in [0.717, 1.165) is 42.4 Å². The second-order valence-electron chi connectivity index (χ2n) is 8.19. The van der Waals surface area contributed by atoms with Crippen LogP contribution in [0, 0.1) is 12.3 Å². The van der Waals surface area contributed by atoms with E-state index in [4.69, 9.17) is 20.3 Å². The third-order valence-corrected chi connectivity index (χ3v) is 11.6. The first kappa shape index (κ1) is 25.3. The lowest BCUT2D eigenvalue weighted by atomic mass is 9.77. The zero-order chi connectivity index (χ0) is 23.1. The quantitative estimate of drug-likeness (QED) is 0.242. The van der Waals surface area contributed by atoms with Gasteiger partial charge in [0.05, 0.1) is 20.3 Å². The number of rotatable bonds is 12. The smallest absolute Gasteiger partial charge is 0.192 e. The molecular weight excluding hydrogens is 402 g/mol. The van der Waals surface area contributed by atoms with Gasteiger partial charge in [-0.1, -0.05) is 38.8 Å². The third kappa shape index (κ3) is 4.92. The van der Waals surface area contributed by atoms with Crippen LogP contribution in [-0.4, -0.2) is 46.6 Å². The van der Waals surface area contributed by atoms with Crippen molar-refractivity contribution in [2.24, 2.45) is 0 Å². The maximum Gasteiger partial charge on any atom is 0.192 e. The second-order valence-corrected chi connectivity index (χ2v) is 12.9. The molecule has 0 radical (unpaired) electrons. The van der Waals surface area contributed by atoms with E-state index in [2.05, 4.69) is 50.8 Å². The Labute approximate surface area is 190 Å². The lowest BCUT2D eigenvalue weighted by molar-refractivity contribution is 0.0874. The zero-order valence-electron chi connectivity index (χ0n) is 20.0. The molecule has 31 heavy (non-hydrogen) atoms. The molecule has 0 spiro atoms. The van der Waals surface area contributed by atoms with Crippen LogP contribution in [0.1, 0.15) is 38.3 Å². The van der Waals surface area contributed by atoms with E-state index >= 15 is 0 Å². The van der Waals surface area contributed by atoms with Crippen molar-refractivity contribution in [2.45, 2.75) is 63.4 Å². The predicted octanol–water partition coefficient (Wildman–Crippen LogP) is 5.54. The first-order chi connectivity index (χ1) is 14.9. The molecule has 170 valence electrons. The number of methoxy groups -OCH3 is 2. The van der Waals surface area contributed by atoms with Crippen LogP contribution in [-0.2, 0) is 16.4 Å². The van der Waals surface area contributed by atoms with Crippen molar-refractivity contribution < 1.29 is 13.9 Å². The van der Waals surface area contributed by atoms with Gasteiger partial charge in [-0.15, -0.1) is 19.6 Å². The molecule has 0 saturated carbocycles. The van der Waals surface area contributed by atoms with Crippen molar-refractivity contribution in [3.05, 3.63) is 48.6 Å². The number of benzene rings is 1. The topological polar surface area (TPSA) is 30.9 Å². The van der Waals surface area contributed by atoms with Gasteiger partial charge in [-0.25, -0.2) is 0 Å². The van der Waals surface area contributed by atoms with Crippen molar-refractivity contribution in [3.8, 4) is 23.8 Å². The molecule has 5 heteroatoms. The van der Waals surface area contributed by atoms with Crippen LogP contribution in [0.3, 0.4) is 0 Å². The summed E-state index contributed by atoms with van der Waals surface area (Å²) in [7, 11) is 1.50. The number of fused-ring (bicyclic) bond motifs is 1. The Hall–Kier alpha value is -2.00. The van der Waals surface area contributed by atoms with Crippen molar-refractivity contribution in [1.29, 1.82) is 0 Å². The van der Waals surface area contributed by atoms with Crippen LogP contribution in [0.4, 0.5) is 0 Å². The molecule has 2 unspecified atom stereocenters. The summed E-state index contributed by atoms with van der Waals surface area (Å²) in [5, 5.41) is 0. The van der Waals surface area contributed by atoms with Gasteiger partial charge in [0.25, 0.3) is 0 Å². The minimum Gasteiger partial charge on any atom is -0.493 e. The summed E-state index contributed by atoms with van der Waals surface area (Å²) in [6.45, 7) is 16.4. The average molecular weight is 442 g/mol. The van der Waals surface area contributed by atoms with Crippen LogP contribution in [0.25, 0.3) is 0 Å². The molecule has 0 aliphatic carbocycles. The summed E-state index contributed by atoms with van der Waals surface area (Å²) in [5.74, 6) is 4.59. The normalized spacial score (nSPS) is 19.7. The molecule has 0 aromatic heterocycles. The van der Waals surface area contributed by atoms with Gasteiger partial charge in [-0.2, -0.15) is 0 Å². The molecule has 2 atom stereocenters. The molecule has 1 aromatic rings. The highest BCUT2D eigenvalue weighted by Crippen LogP contribution is 2.44. The van der Waals surface area contributed by atoms with Crippen LogP contribution < -0.4 is 9.47 Å². The molecule has 1 heterocycles. The van der Waals surface area contributed by atoms with Gasteiger partial charge in [-0.05, 0) is 47.8 Å². The first-order valence-corrected chi connectivity index (χ1v) is 13.8. The molecule has 0 N–H and O–H groups in total. The zero-order valence-corrected chi connectivity index (χ0v) is 21.0. The van der Waals surface area contributed by atoms with Gasteiger partial charge in [0.2, 0.25) is 0 Å². The number of nitrogens with zero attached hydrogens (tertiary/aromatic N) is 1. The molecule has 1 aromatic carbocycles. The molecule has 4 nitrogen and oxygen atoms in total.